The predicted molar refractivity (Wildman–Crippen MR) is 133 cm³/mol. The van der Waals surface area contributed by atoms with Crippen LogP contribution in [0.3, 0.4) is 0 Å². The van der Waals surface area contributed by atoms with Gasteiger partial charge in [0.2, 0.25) is 11.8 Å². The lowest BCUT2D eigenvalue weighted by molar-refractivity contribution is -0.139. The zero-order valence-corrected chi connectivity index (χ0v) is 21.5. The van der Waals surface area contributed by atoms with Crippen LogP contribution in [0.2, 0.25) is 0 Å². The number of anilines is 1. The monoisotopic (exact) mass is 508 g/mol. The first-order valence-corrected chi connectivity index (χ1v) is 12.6. The molecular formula is C24H33FN4O5S. The zero-order valence-electron chi connectivity index (χ0n) is 20.7. The van der Waals surface area contributed by atoms with Gasteiger partial charge < -0.3 is 15.0 Å². The number of carbonyl (C=O) groups excluding carboxylic acids is 2. The van der Waals surface area contributed by atoms with Crippen molar-refractivity contribution >= 4 is 27.7 Å². The van der Waals surface area contributed by atoms with E-state index in [1.54, 1.807) is 31.2 Å². The third-order valence-corrected chi connectivity index (χ3v) is 7.15. The standard InChI is InChI=1S/C24H33FN4O5S/c1-6-14-26-24(31)18(2)28(16-19-10-9-11-20(15-19)34-5)23(30)17-29(35(32,33)27(3)4)22-13-8-7-12-21(22)25/h7-13,15,18H,6,14,16-17H2,1-5H3,(H,26,31)/t18-/m1/s1. The predicted octanol–water partition coefficient (Wildman–Crippen LogP) is 2.39. The number of hydrogen-bond donors (Lipinski definition) is 1. The Labute approximate surface area is 206 Å². The summed E-state index contributed by atoms with van der Waals surface area (Å²) < 4.78 is 47.6. The number of carbonyl (C=O) groups is 2. The molecule has 2 rings (SSSR count). The number of amides is 2. The van der Waals surface area contributed by atoms with E-state index in [4.69, 9.17) is 4.74 Å². The fourth-order valence-electron chi connectivity index (χ4n) is 3.30. The summed E-state index contributed by atoms with van der Waals surface area (Å²) in [5.74, 6) is -1.27. The molecule has 0 aliphatic carbocycles. The van der Waals surface area contributed by atoms with Gasteiger partial charge in [0.15, 0.2) is 0 Å². The van der Waals surface area contributed by atoms with Gasteiger partial charge in [-0.2, -0.15) is 12.7 Å². The minimum Gasteiger partial charge on any atom is -0.497 e. The molecule has 2 aromatic rings. The average Bonchev–Trinajstić information content (AvgIpc) is 2.84. The maximum absolute atomic E-state index is 14.6. The van der Waals surface area contributed by atoms with E-state index in [-0.39, 0.29) is 18.1 Å². The van der Waals surface area contributed by atoms with Crippen LogP contribution in [-0.2, 0) is 26.3 Å². The Kier molecular flexibility index (Phi) is 10.0. The van der Waals surface area contributed by atoms with Gasteiger partial charge in [0.05, 0.1) is 12.8 Å². The molecule has 0 heterocycles. The van der Waals surface area contributed by atoms with Crippen molar-refractivity contribution in [2.75, 3.05) is 38.6 Å². The molecule has 2 amide bonds. The van der Waals surface area contributed by atoms with Crippen molar-refractivity contribution in [3.63, 3.8) is 0 Å². The number of nitrogens with one attached hydrogen (secondary N) is 1. The van der Waals surface area contributed by atoms with E-state index in [0.29, 0.717) is 28.6 Å². The molecule has 0 fully saturated rings. The SMILES string of the molecule is CCCNC(=O)[C@@H](C)N(Cc1cccc(OC)c1)C(=O)CN(c1ccccc1F)S(=O)(=O)N(C)C. The number of halogens is 1. The number of rotatable bonds is 12. The van der Waals surface area contributed by atoms with Crippen LogP contribution in [0.25, 0.3) is 0 Å². The van der Waals surface area contributed by atoms with Crippen LogP contribution in [0.15, 0.2) is 48.5 Å². The number of benzene rings is 2. The van der Waals surface area contributed by atoms with E-state index in [1.165, 1.54) is 44.3 Å². The van der Waals surface area contributed by atoms with E-state index in [9.17, 15) is 22.4 Å². The molecule has 0 unspecified atom stereocenters. The van der Waals surface area contributed by atoms with Crippen LogP contribution in [0, 0.1) is 5.82 Å². The first-order valence-electron chi connectivity index (χ1n) is 11.2. The Hall–Kier alpha value is -3.18. The quantitative estimate of drug-likeness (QED) is 0.475. The van der Waals surface area contributed by atoms with Crippen LogP contribution < -0.4 is 14.4 Å². The minimum atomic E-state index is -4.23. The highest BCUT2D eigenvalue weighted by Gasteiger charge is 2.33. The normalized spacial score (nSPS) is 12.2. The van der Waals surface area contributed by atoms with E-state index in [2.05, 4.69) is 5.32 Å². The Bertz CT molecular complexity index is 1130. The van der Waals surface area contributed by atoms with Gasteiger partial charge in [-0.1, -0.05) is 31.2 Å². The zero-order chi connectivity index (χ0) is 26.2. The van der Waals surface area contributed by atoms with E-state index in [1.807, 2.05) is 6.92 Å². The maximum Gasteiger partial charge on any atom is 0.304 e. The summed E-state index contributed by atoms with van der Waals surface area (Å²) in [6.45, 7) is 3.22. The molecule has 2 aromatic carbocycles. The van der Waals surface area contributed by atoms with Gasteiger partial charge in [-0.25, -0.2) is 8.70 Å². The summed E-state index contributed by atoms with van der Waals surface area (Å²) in [7, 11) is -0.125. The number of para-hydroxylation sites is 1. The van der Waals surface area contributed by atoms with Gasteiger partial charge in [0, 0.05) is 27.2 Å². The van der Waals surface area contributed by atoms with Crippen LogP contribution in [0.5, 0.6) is 5.75 Å². The Morgan fingerprint density at radius 3 is 2.40 bits per heavy atom. The first kappa shape index (κ1) is 28.1. The molecule has 0 aliphatic rings. The molecule has 35 heavy (non-hydrogen) atoms. The van der Waals surface area contributed by atoms with Gasteiger partial charge in [0.1, 0.15) is 24.2 Å². The molecule has 0 aliphatic heterocycles. The number of nitrogens with zero attached hydrogens (tertiary/aromatic N) is 3. The van der Waals surface area contributed by atoms with Crippen molar-refractivity contribution in [2.45, 2.75) is 32.9 Å². The van der Waals surface area contributed by atoms with Crippen molar-refractivity contribution in [3.8, 4) is 5.75 Å². The summed E-state index contributed by atoms with van der Waals surface area (Å²) in [5.41, 5.74) is 0.416. The molecule has 0 saturated heterocycles. The molecule has 1 N–H and O–H groups in total. The van der Waals surface area contributed by atoms with Crippen LogP contribution in [-0.4, -0.2) is 69.8 Å². The first-order chi connectivity index (χ1) is 16.5. The topological polar surface area (TPSA) is 99.3 Å². The fourth-order valence-corrected chi connectivity index (χ4v) is 4.37. The minimum absolute atomic E-state index is 0.0177. The lowest BCUT2D eigenvalue weighted by atomic mass is 10.1. The van der Waals surface area contributed by atoms with Crippen molar-refractivity contribution < 1.29 is 27.1 Å². The summed E-state index contributed by atoms with van der Waals surface area (Å²) in [6.07, 6.45) is 0.713. The Balaban J connectivity index is 2.47. The third kappa shape index (κ3) is 7.15. The molecule has 192 valence electrons. The molecule has 0 bridgehead atoms. The maximum atomic E-state index is 14.6. The number of methoxy groups -OCH3 is 1. The highest BCUT2D eigenvalue weighted by atomic mass is 32.2. The molecule has 0 spiro atoms. The van der Waals surface area contributed by atoms with Crippen LogP contribution in [0.1, 0.15) is 25.8 Å². The molecular weight excluding hydrogens is 475 g/mol. The number of ether oxygens (including phenoxy) is 1. The highest BCUT2D eigenvalue weighted by molar-refractivity contribution is 7.90. The molecule has 0 saturated carbocycles. The van der Waals surface area contributed by atoms with Gasteiger partial charge >= 0.3 is 10.2 Å². The lowest BCUT2D eigenvalue weighted by Crippen LogP contribution is -2.52. The van der Waals surface area contributed by atoms with E-state index < -0.39 is 34.5 Å². The van der Waals surface area contributed by atoms with Crippen molar-refractivity contribution in [3.05, 3.63) is 59.9 Å². The van der Waals surface area contributed by atoms with Crippen molar-refractivity contribution in [1.29, 1.82) is 0 Å². The second-order valence-electron chi connectivity index (χ2n) is 8.09. The summed E-state index contributed by atoms with van der Waals surface area (Å²) in [5, 5.41) is 2.76. The van der Waals surface area contributed by atoms with E-state index >= 15 is 0 Å². The van der Waals surface area contributed by atoms with Crippen molar-refractivity contribution in [2.24, 2.45) is 0 Å². The second-order valence-corrected chi connectivity index (χ2v) is 10.2. The molecule has 11 heteroatoms. The Morgan fingerprint density at radius 1 is 1.11 bits per heavy atom. The lowest BCUT2D eigenvalue weighted by Gasteiger charge is -2.33. The average molecular weight is 509 g/mol. The molecule has 0 aromatic heterocycles. The smallest absolute Gasteiger partial charge is 0.304 e. The van der Waals surface area contributed by atoms with Gasteiger partial charge in [-0.3, -0.25) is 9.59 Å². The van der Waals surface area contributed by atoms with Gasteiger partial charge in [0.25, 0.3) is 0 Å². The van der Waals surface area contributed by atoms with E-state index in [0.717, 1.165) is 10.4 Å². The largest absolute Gasteiger partial charge is 0.497 e. The number of hydrogen-bond acceptors (Lipinski definition) is 5. The molecule has 9 nitrogen and oxygen atoms in total. The van der Waals surface area contributed by atoms with Gasteiger partial charge in [-0.05, 0) is 43.2 Å². The Morgan fingerprint density at radius 2 is 1.80 bits per heavy atom. The summed E-state index contributed by atoms with van der Waals surface area (Å²) in [6, 6.07) is 11.4. The van der Waals surface area contributed by atoms with Crippen LogP contribution >= 0.6 is 0 Å². The van der Waals surface area contributed by atoms with Crippen LogP contribution in [0.4, 0.5) is 10.1 Å². The second kappa shape index (κ2) is 12.5. The fraction of sp³-hybridized carbons (Fsp3) is 0.417. The van der Waals surface area contributed by atoms with Crippen molar-refractivity contribution in [1.82, 2.24) is 14.5 Å². The highest BCUT2D eigenvalue weighted by Crippen LogP contribution is 2.24. The van der Waals surface area contributed by atoms with Gasteiger partial charge in [-0.15, -0.1) is 0 Å². The molecule has 0 radical (unpaired) electrons. The molecule has 1 atom stereocenters. The summed E-state index contributed by atoms with van der Waals surface area (Å²) >= 11 is 0. The summed E-state index contributed by atoms with van der Waals surface area (Å²) in [4.78, 5) is 27.6. The third-order valence-electron chi connectivity index (χ3n) is 5.34.